The molecule has 178 valence electrons. The third kappa shape index (κ3) is 5.30. The molecule has 3 aromatic carbocycles. The van der Waals surface area contributed by atoms with Gasteiger partial charge in [-0.25, -0.2) is 4.98 Å². The van der Waals surface area contributed by atoms with Crippen molar-refractivity contribution in [3.05, 3.63) is 96.1 Å². The number of alkyl halides is 2. The van der Waals surface area contributed by atoms with Gasteiger partial charge in [0.15, 0.2) is 0 Å². The van der Waals surface area contributed by atoms with E-state index >= 15 is 0 Å². The van der Waals surface area contributed by atoms with E-state index in [2.05, 4.69) is 21.8 Å². The maximum Gasteiger partial charge on any atom is 0.387 e. The van der Waals surface area contributed by atoms with Gasteiger partial charge in [-0.1, -0.05) is 48.5 Å². The second-order valence-corrected chi connectivity index (χ2v) is 8.53. The largest absolute Gasteiger partial charge is 0.435 e. The third-order valence-electron chi connectivity index (χ3n) is 6.23. The Morgan fingerprint density at radius 3 is 2.29 bits per heavy atom. The molecule has 5 rings (SSSR count). The molecule has 0 spiro atoms. The monoisotopic (exact) mass is 473 g/mol. The first-order valence-corrected chi connectivity index (χ1v) is 11.6. The summed E-state index contributed by atoms with van der Waals surface area (Å²) in [6, 6.07) is 26.0. The van der Waals surface area contributed by atoms with Crippen LogP contribution >= 0.6 is 0 Å². The fraction of sp³-hybridized carbons (Fsp3) is 0.214. The van der Waals surface area contributed by atoms with Crippen molar-refractivity contribution in [1.82, 2.24) is 14.8 Å². The fourth-order valence-electron chi connectivity index (χ4n) is 4.43. The number of carbonyl (C=O) groups is 1. The number of carbonyl (C=O) groups excluding carboxylic acids is 1. The van der Waals surface area contributed by atoms with Crippen LogP contribution in [0.1, 0.15) is 15.9 Å². The second-order valence-electron chi connectivity index (χ2n) is 8.53. The summed E-state index contributed by atoms with van der Waals surface area (Å²) in [5, 5.41) is 0.797. The highest BCUT2D eigenvalue weighted by Crippen LogP contribution is 2.28. The first-order chi connectivity index (χ1) is 17.1. The third-order valence-corrected chi connectivity index (χ3v) is 6.23. The quantitative estimate of drug-likeness (QED) is 0.373. The lowest BCUT2D eigenvalue weighted by atomic mass is 10.0. The minimum absolute atomic E-state index is 0.0261. The molecule has 0 aliphatic carbocycles. The first kappa shape index (κ1) is 22.9. The van der Waals surface area contributed by atoms with Crippen LogP contribution in [0, 0.1) is 0 Å². The predicted molar refractivity (Wildman–Crippen MR) is 131 cm³/mol. The summed E-state index contributed by atoms with van der Waals surface area (Å²) in [6.45, 7) is 0.909. The number of hydrogen-bond donors (Lipinski definition) is 0. The zero-order valence-electron chi connectivity index (χ0n) is 19.1. The van der Waals surface area contributed by atoms with Gasteiger partial charge in [0.1, 0.15) is 5.75 Å². The number of ether oxygens (including phenoxy) is 1. The van der Waals surface area contributed by atoms with Gasteiger partial charge in [0.05, 0.1) is 16.8 Å². The SMILES string of the molecule is O=C(c1cc(-c2ccc(OC(F)F)cc2)nc2ccccc12)N1CCN(Cc2ccccc2)CC1. The summed E-state index contributed by atoms with van der Waals surface area (Å²) in [5.74, 6) is 0.0519. The molecule has 0 N–H and O–H groups in total. The number of para-hydroxylation sites is 1. The van der Waals surface area contributed by atoms with E-state index in [1.807, 2.05) is 47.4 Å². The van der Waals surface area contributed by atoms with Crippen molar-refractivity contribution in [2.24, 2.45) is 0 Å². The van der Waals surface area contributed by atoms with Gasteiger partial charge in [-0.3, -0.25) is 9.69 Å². The van der Waals surface area contributed by atoms with Crippen molar-refractivity contribution in [3.8, 4) is 17.0 Å². The zero-order valence-corrected chi connectivity index (χ0v) is 19.1. The van der Waals surface area contributed by atoms with Gasteiger partial charge in [-0.15, -0.1) is 0 Å². The van der Waals surface area contributed by atoms with Crippen molar-refractivity contribution in [2.45, 2.75) is 13.2 Å². The number of hydrogen-bond acceptors (Lipinski definition) is 4. The predicted octanol–water partition coefficient (Wildman–Crippen LogP) is 5.46. The summed E-state index contributed by atoms with van der Waals surface area (Å²) in [7, 11) is 0. The fourth-order valence-corrected chi connectivity index (χ4v) is 4.43. The number of fused-ring (bicyclic) bond motifs is 1. The molecule has 1 aromatic heterocycles. The van der Waals surface area contributed by atoms with Gasteiger partial charge >= 0.3 is 6.61 Å². The number of nitrogens with zero attached hydrogens (tertiary/aromatic N) is 3. The van der Waals surface area contributed by atoms with E-state index in [1.54, 1.807) is 18.2 Å². The lowest BCUT2D eigenvalue weighted by Crippen LogP contribution is -2.48. The summed E-state index contributed by atoms with van der Waals surface area (Å²) in [6.07, 6.45) is 0. The Balaban J connectivity index is 1.37. The Morgan fingerprint density at radius 2 is 1.57 bits per heavy atom. The first-order valence-electron chi connectivity index (χ1n) is 11.6. The molecule has 0 saturated carbocycles. The molecule has 1 aliphatic heterocycles. The molecule has 0 radical (unpaired) electrons. The molecule has 2 heterocycles. The van der Waals surface area contributed by atoms with Crippen LogP contribution in [-0.4, -0.2) is 53.5 Å². The van der Waals surface area contributed by atoms with Crippen molar-refractivity contribution in [1.29, 1.82) is 0 Å². The number of amides is 1. The normalized spacial score (nSPS) is 14.4. The minimum Gasteiger partial charge on any atom is -0.435 e. The molecule has 1 aliphatic rings. The van der Waals surface area contributed by atoms with Crippen LogP contribution in [0.4, 0.5) is 8.78 Å². The van der Waals surface area contributed by atoms with Crippen molar-refractivity contribution in [2.75, 3.05) is 26.2 Å². The summed E-state index contributed by atoms with van der Waals surface area (Å²) in [5.41, 5.74) is 3.90. The molecule has 0 unspecified atom stereocenters. The standard InChI is InChI=1S/C28H25F2N3O2/c29-28(30)35-22-12-10-21(11-13-22)26-18-24(23-8-4-5-9-25(23)31-26)27(34)33-16-14-32(15-17-33)19-20-6-2-1-3-7-20/h1-13,18,28H,14-17,19H2. The van der Waals surface area contributed by atoms with E-state index in [9.17, 15) is 13.6 Å². The summed E-state index contributed by atoms with van der Waals surface area (Å²) < 4.78 is 29.4. The smallest absolute Gasteiger partial charge is 0.387 e. The van der Waals surface area contributed by atoms with E-state index in [0.717, 1.165) is 30.6 Å². The highest BCUT2D eigenvalue weighted by atomic mass is 19.3. The number of aromatic nitrogens is 1. The van der Waals surface area contributed by atoms with Gasteiger partial charge in [0, 0.05) is 43.7 Å². The topological polar surface area (TPSA) is 45.7 Å². The van der Waals surface area contributed by atoms with Gasteiger partial charge in [-0.05, 0) is 42.0 Å². The maximum absolute atomic E-state index is 13.6. The second kappa shape index (κ2) is 10.2. The summed E-state index contributed by atoms with van der Waals surface area (Å²) in [4.78, 5) is 22.6. The molecule has 0 atom stereocenters. The molecule has 35 heavy (non-hydrogen) atoms. The molecule has 5 nitrogen and oxygen atoms in total. The van der Waals surface area contributed by atoms with Crippen LogP contribution in [0.25, 0.3) is 22.2 Å². The number of halogens is 2. The van der Waals surface area contributed by atoms with Crippen LogP contribution in [-0.2, 0) is 6.54 Å². The Morgan fingerprint density at radius 1 is 0.886 bits per heavy atom. The molecule has 1 saturated heterocycles. The number of benzene rings is 3. The highest BCUT2D eigenvalue weighted by Gasteiger charge is 2.24. The van der Waals surface area contributed by atoms with Crippen molar-refractivity contribution in [3.63, 3.8) is 0 Å². The molecular weight excluding hydrogens is 448 g/mol. The van der Waals surface area contributed by atoms with Gasteiger partial charge in [-0.2, -0.15) is 8.78 Å². The Kier molecular flexibility index (Phi) is 6.68. The van der Waals surface area contributed by atoms with Crippen LogP contribution < -0.4 is 4.74 Å². The Labute approximate surface area is 202 Å². The lowest BCUT2D eigenvalue weighted by molar-refractivity contribution is -0.0498. The van der Waals surface area contributed by atoms with Crippen molar-refractivity contribution < 1.29 is 18.3 Å². The number of rotatable bonds is 6. The van der Waals surface area contributed by atoms with Crippen LogP contribution in [0.15, 0.2) is 84.9 Å². The maximum atomic E-state index is 13.6. The van der Waals surface area contributed by atoms with Gasteiger partial charge in [0.2, 0.25) is 0 Å². The zero-order chi connectivity index (χ0) is 24.2. The van der Waals surface area contributed by atoms with E-state index in [-0.39, 0.29) is 11.7 Å². The highest BCUT2D eigenvalue weighted by molar-refractivity contribution is 6.07. The molecule has 4 aromatic rings. The Hall–Kier alpha value is -3.84. The summed E-state index contributed by atoms with van der Waals surface area (Å²) >= 11 is 0. The number of piperazine rings is 1. The van der Waals surface area contributed by atoms with Crippen LogP contribution in [0.3, 0.4) is 0 Å². The molecular formula is C28H25F2N3O2. The van der Waals surface area contributed by atoms with Crippen molar-refractivity contribution >= 4 is 16.8 Å². The van der Waals surface area contributed by atoms with E-state index < -0.39 is 6.61 Å². The molecule has 1 amide bonds. The van der Waals surface area contributed by atoms with Gasteiger partial charge in [0.25, 0.3) is 5.91 Å². The number of pyridine rings is 1. The van der Waals surface area contributed by atoms with E-state index in [1.165, 1.54) is 17.7 Å². The lowest BCUT2D eigenvalue weighted by Gasteiger charge is -2.35. The van der Waals surface area contributed by atoms with Crippen LogP contribution in [0.2, 0.25) is 0 Å². The molecule has 1 fully saturated rings. The average molecular weight is 474 g/mol. The molecule has 7 heteroatoms. The van der Waals surface area contributed by atoms with Gasteiger partial charge < -0.3 is 9.64 Å². The minimum atomic E-state index is -2.88. The van der Waals surface area contributed by atoms with Crippen LogP contribution in [0.5, 0.6) is 5.75 Å². The van der Waals surface area contributed by atoms with E-state index in [0.29, 0.717) is 29.9 Å². The Bertz CT molecular complexity index is 1310. The average Bonchev–Trinajstić information content (AvgIpc) is 2.89. The molecule has 0 bridgehead atoms. The van der Waals surface area contributed by atoms with E-state index in [4.69, 9.17) is 4.98 Å².